The molecular weight excluding hydrogens is 622 g/mol. The maximum Gasteiger partial charge on any atom is 0.416 e. The van der Waals surface area contributed by atoms with Gasteiger partial charge in [0.2, 0.25) is 5.91 Å². The number of nitrogens with zero attached hydrogens (tertiary/aromatic N) is 6. The van der Waals surface area contributed by atoms with E-state index in [1.807, 2.05) is 37.3 Å². The van der Waals surface area contributed by atoms with Crippen molar-refractivity contribution in [2.45, 2.75) is 19.5 Å². The highest BCUT2D eigenvalue weighted by atomic mass is 32.2. The molecule has 46 heavy (non-hydrogen) atoms. The topological polar surface area (TPSA) is 105 Å². The molecule has 0 atom stereocenters. The van der Waals surface area contributed by atoms with E-state index in [1.165, 1.54) is 40.2 Å². The van der Waals surface area contributed by atoms with Crippen LogP contribution < -0.4 is 10.2 Å². The van der Waals surface area contributed by atoms with Gasteiger partial charge >= 0.3 is 12.2 Å². The van der Waals surface area contributed by atoms with Crippen LogP contribution in [0.5, 0.6) is 0 Å². The van der Waals surface area contributed by atoms with E-state index < -0.39 is 23.6 Å². The van der Waals surface area contributed by atoms with E-state index in [9.17, 15) is 22.8 Å². The van der Waals surface area contributed by atoms with Crippen LogP contribution in [0.15, 0.2) is 96.5 Å². The summed E-state index contributed by atoms with van der Waals surface area (Å²) in [6.45, 7) is 1.90. The maximum absolute atomic E-state index is 15.1. The van der Waals surface area contributed by atoms with Gasteiger partial charge in [-0.2, -0.15) is 18.2 Å². The number of anilines is 2. The maximum atomic E-state index is 15.1. The predicted molar refractivity (Wildman–Crippen MR) is 166 cm³/mol. The van der Waals surface area contributed by atoms with Gasteiger partial charge in [-0.3, -0.25) is 14.7 Å². The van der Waals surface area contributed by atoms with E-state index in [1.54, 1.807) is 12.4 Å². The third kappa shape index (κ3) is 6.66. The Morgan fingerprint density at radius 2 is 1.87 bits per heavy atom. The minimum Gasteiger partial charge on any atom is -0.303 e. The number of halogens is 4. The molecule has 0 radical (unpaired) electrons. The van der Waals surface area contributed by atoms with Crippen LogP contribution in [0.2, 0.25) is 0 Å². The van der Waals surface area contributed by atoms with Gasteiger partial charge in [-0.15, -0.1) is 5.10 Å². The monoisotopic (exact) mass is 645 g/mol. The largest absolute Gasteiger partial charge is 0.416 e. The van der Waals surface area contributed by atoms with Crippen LogP contribution in [0.25, 0.3) is 17.1 Å². The number of thioether (sulfide) groups is 1. The predicted octanol–water partition coefficient (Wildman–Crippen LogP) is 7.05. The van der Waals surface area contributed by atoms with Crippen LogP contribution in [-0.2, 0) is 17.4 Å². The van der Waals surface area contributed by atoms with Gasteiger partial charge < -0.3 is 5.32 Å². The molecule has 3 aromatic carbocycles. The van der Waals surface area contributed by atoms with Crippen molar-refractivity contribution in [3.05, 3.63) is 120 Å². The lowest BCUT2D eigenvalue weighted by Gasteiger charge is -2.20. The molecule has 2 aromatic heterocycles. The molecule has 5 aromatic rings. The number of urea groups is 1. The molecule has 0 spiro atoms. The zero-order valence-corrected chi connectivity index (χ0v) is 24.8. The molecule has 0 unspecified atom stereocenters. The molecular formula is C32H23F4N7O2S. The van der Waals surface area contributed by atoms with Crippen LogP contribution in [-0.4, -0.2) is 42.6 Å². The highest BCUT2D eigenvalue weighted by molar-refractivity contribution is 8.15. The molecule has 14 heteroatoms. The number of rotatable bonds is 6. The van der Waals surface area contributed by atoms with E-state index in [-0.39, 0.29) is 33.9 Å². The fourth-order valence-corrected chi connectivity index (χ4v) is 5.60. The lowest BCUT2D eigenvalue weighted by atomic mass is 10.0. The zero-order valence-electron chi connectivity index (χ0n) is 24.0. The molecule has 9 nitrogen and oxygen atoms in total. The number of hydrogen-bond donors (Lipinski definition) is 1. The Hall–Kier alpha value is -5.37. The second-order valence-corrected chi connectivity index (χ2v) is 11.2. The number of alkyl halides is 3. The highest BCUT2D eigenvalue weighted by Gasteiger charge is 2.32. The highest BCUT2D eigenvalue weighted by Crippen LogP contribution is 2.33. The number of benzene rings is 3. The zero-order chi connectivity index (χ0) is 32.4. The van der Waals surface area contributed by atoms with Gasteiger partial charge in [0.15, 0.2) is 11.0 Å². The molecule has 3 heterocycles. The van der Waals surface area contributed by atoms with Crippen LogP contribution in [0.4, 0.5) is 33.7 Å². The third-order valence-corrected chi connectivity index (χ3v) is 7.90. The van der Waals surface area contributed by atoms with Crippen molar-refractivity contribution in [3.8, 4) is 17.1 Å². The molecule has 0 aliphatic carbocycles. The van der Waals surface area contributed by atoms with Crippen molar-refractivity contribution in [1.29, 1.82) is 0 Å². The Balaban J connectivity index is 1.19. The van der Waals surface area contributed by atoms with Crippen molar-refractivity contribution in [3.63, 3.8) is 0 Å². The quantitative estimate of drug-likeness (QED) is 0.199. The summed E-state index contributed by atoms with van der Waals surface area (Å²) in [7, 11) is 0. The Kier molecular flexibility index (Phi) is 8.37. The number of aromatic nitrogens is 4. The van der Waals surface area contributed by atoms with Gasteiger partial charge in [0.05, 0.1) is 28.4 Å². The normalized spacial score (nSPS) is 14.2. The minimum atomic E-state index is -4.47. The number of carbonyl (C=O) groups is 2. The molecule has 1 fully saturated rings. The lowest BCUT2D eigenvalue weighted by molar-refractivity contribution is -0.137. The van der Waals surface area contributed by atoms with Crippen molar-refractivity contribution < 1.29 is 27.2 Å². The first-order chi connectivity index (χ1) is 22.0. The van der Waals surface area contributed by atoms with Crippen LogP contribution in [0, 0.1) is 12.7 Å². The van der Waals surface area contributed by atoms with Gasteiger partial charge in [-0.25, -0.2) is 18.9 Å². The molecule has 0 bridgehead atoms. The number of nitrogens with one attached hydrogen (secondary N) is 1. The number of hydrogen-bond acceptors (Lipinski definition) is 6. The summed E-state index contributed by atoms with van der Waals surface area (Å²) < 4.78 is 55.0. The van der Waals surface area contributed by atoms with Crippen LogP contribution in [0.1, 0.15) is 22.3 Å². The molecule has 1 saturated heterocycles. The van der Waals surface area contributed by atoms with E-state index in [4.69, 9.17) is 0 Å². The molecule has 6 rings (SSSR count). The summed E-state index contributed by atoms with van der Waals surface area (Å²) in [5.41, 5.74) is 2.96. The Labute approximate surface area is 264 Å². The first-order valence-corrected chi connectivity index (χ1v) is 14.8. The van der Waals surface area contributed by atoms with Crippen molar-refractivity contribution in [1.82, 2.24) is 19.7 Å². The summed E-state index contributed by atoms with van der Waals surface area (Å²) in [5, 5.41) is 6.81. The van der Waals surface area contributed by atoms with Crippen molar-refractivity contribution in [2.24, 2.45) is 4.99 Å². The van der Waals surface area contributed by atoms with Crippen molar-refractivity contribution in [2.75, 3.05) is 16.0 Å². The van der Waals surface area contributed by atoms with E-state index in [0.717, 1.165) is 46.7 Å². The van der Waals surface area contributed by atoms with E-state index in [0.29, 0.717) is 17.8 Å². The standard InChI is InChI=1S/C32H23F4N7O2S/c1-19-4-5-21(14-20-3-2-12-37-16-20)27(13-19)43-28(44)17-46-31(43)40-30(45)39-26-11-6-22(15-25(26)33)29-38-18-42(41-29)24-9-7-23(8-10-24)32(34,35)36/h2-13,15-16,18H,14,17H2,1H3,(H,39,45). The summed E-state index contributed by atoms with van der Waals surface area (Å²) >= 11 is 1.10. The van der Waals surface area contributed by atoms with Crippen LogP contribution in [0.3, 0.4) is 0 Å². The van der Waals surface area contributed by atoms with Gasteiger partial charge in [0, 0.05) is 24.4 Å². The minimum absolute atomic E-state index is 0.0849. The third-order valence-electron chi connectivity index (χ3n) is 6.98. The summed E-state index contributed by atoms with van der Waals surface area (Å²) in [6.07, 6.45) is 0.756. The molecule has 1 aliphatic heterocycles. The van der Waals surface area contributed by atoms with E-state index in [2.05, 4.69) is 25.4 Å². The lowest BCUT2D eigenvalue weighted by Crippen LogP contribution is -2.31. The van der Waals surface area contributed by atoms with E-state index >= 15 is 4.39 Å². The Morgan fingerprint density at radius 1 is 1.07 bits per heavy atom. The smallest absolute Gasteiger partial charge is 0.303 e. The number of carbonyl (C=O) groups excluding carboxylic acids is 2. The SMILES string of the molecule is Cc1ccc(Cc2cccnc2)c(N2C(=O)CSC2=NC(=O)Nc2ccc(-c3ncn(-c4ccc(C(F)(F)F)cc4)n3)cc2F)c1. The Morgan fingerprint density at radius 3 is 2.59 bits per heavy atom. The van der Waals surface area contributed by atoms with Gasteiger partial charge in [0.25, 0.3) is 0 Å². The van der Waals surface area contributed by atoms with Crippen LogP contribution >= 0.6 is 11.8 Å². The molecule has 0 saturated carbocycles. The number of amides is 3. The first kappa shape index (κ1) is 30.6. The average molecular weight is 646 g/mol. The van der Waals surface area contributed by atoms with Crippen molar-refractivity contribution >= 4 is 40.2 Å². The molecule has 1 aliphatic rings. The second-order valence-electron chi connectivity index (χ2n) is 10.3. The Bertz CT molecular complexity index is 1960. The number of aliphatic imine (C=N–C) groups is 1. The van der Waals surface area contributed by atoms with Gasteiger partial charge in [-0.05, 0) is 78.2 Å². The second kappa shape index (κ2) is 12.6. The first-order valence-electron chi connectivity index (χ1n) is 13.8. The fraction of sp³-hybridized carbons (Fsp3) is 0.125. The fourth-order valence-electron chi connectivity index (χ4n) is 4.74. The molecule has 232 valence electrons. The summed E-state index contributed by atoms with van der Waals surface area (Å²) in [5.74, 6) is -0.829. The summed E-state index contributed by atoms with van der Waals surface area (Å²) in [4.78, 5) is 39.7. The summed E-state index contributed by atoms with van der Waals surface area (Å²) in [6, 6.07) is 16.9. The molecule has 3 amide bonds. The van der Waals surface area contributed by atoms with Gasteiger partial charge in [-0.1, -0.05) is 30.0 Å². The molecule has 1 N–H and O–H groups in total. The number of amidine groups is 1. The number of pyridine rings is 1. The van der Waals surface area contributed by atoms with Gasteiger partial charge in [0.1, 0.15) is 12.1 Å². The number of aryl methyl sites for hydroxylation is 1. The average Bonchev–Trinajstić information content (AvgIpc) is 3.66.